The first-order valence-corrected chi connectivity index (χ1v) is 5.28. The molecule has 1 N–H and O–H groups in total. The normalized spacial score (nSPS) is 15.9. The van der Waals surface area contributed by atoms with Crippen molar-refractivity contribution in [3.05, 3.63) is 23.2 Å². The Morgan fingerprint density at radius 1 is 1.47 bits per heavy atom. The van der Waals surface area contributed by atoms with Crippen LogP contribution in [-0.2, 0) is 0 Å². The van der Waals surface area contributed by atoms with Gasteiger partial charge in [0.2, 0.25) is 0 Å². The third-order valence-corrected chi connectivity index (χ3v) is 2.79. The van der Waals surface area contributed by atoms with Crippen LogP contribution < -0.4 is 9.64 Å². The Morgan fingerprint density at radius 3 is 2.87 bits per heavy atom. The van der Waals surface area contributed by atoms with Crippen molar-refractivity contribution in [2.24, 2.45) is 0 Å². The van der Waals surface area contributed by atoms with Gasteiger partial charge >= 0.3 is 0 Å². The molecule has 1 aromatic carbocycles. The minimum atomic E-state index is 0.635. The fourth-order valence-electron chi connectivity index (χ4n) is 1.81. The quantitative estimate of drug-likeness (QED) is 0.839. The van der Waals surface area contributed by atoms with E-state index in [0.29, 0.717) is 10.9 Å². The molecule has 0 unspecified atom stereocenters. The number of ether oxygens (including phenoxy) is 1. The molecule has 0 amide bonds. The summed E-state index contributed by atoms with van der Waals surface area (Å²) in [5.41, 5.74) is 0.896. The number of nitrogens with one attached hydrogen (secondary N) is 1. The van der Waals surface area contributed by atoms with Crippen LogP contribution in [0.5, 0.6) is 5.75 Å². The first kappa shape index (κ1) is 10.3. The Hall–Kier alpha value is -1.22. The van der Waals surface area contributed by atoms with Gasteiger partial charge in [-0.1, -0.05) is 11.6 Å². The Kier molecular flexibility index (Phi) is 2.82. The van der Waals surface area contributed by atoms with Gasteiger partial charge in [-0.15, -0.1) is 0 Å². The molecule has 0 radical (unpaired) electrons. The Morgan fingerprint density at radius 2 is 2.27 bits per heavy atom. The summed E-state index contributed by atoms with van der Waals surface area (Å²) in [6.07, 6.45) is 1.85. The third kappa shape index (κ3) is 1.92. The summed E-state index contributed by atoms with van der Waals surface area (Å²) in [4.78, 5) is 1.95. The SMILES string of the molecule is COc1ccc(Cl)cc1N1CCCC1=N. The smallest absolute Gasteiger partial charge is 0.142 e. The molecular weight excluding hydrogens is 212 g/mol. The van der Waals surface area contributed by atoms with Crippen LogP contribution >= 0.6 is 11.6 Å². The maximum atomic E-state index is 7.81. The fraction of sp³-hybridized carbons (Fsp3) is 0.364. The van der Waals surface area contributed by atoms with E-state index in [2.05, 4.69) is 0 Å². The molecular formula is C11H13ClN2O. The van der Waals surface area contributed by atoms with E-state index in [4.69, 9.17) is 21.7 Å². The minimum Gasteiger partial charge on any atom is -0.495 e. The summed E-state index contributed by atoms with van der Waals surface area (Å²) < 4.78 is 5.26. The molecule has 1 aliphatic rings. The van der Waals surface area contributed by atoms with E-state index >= 15 is 0 Å². The van der Waals surface area contributed by atoms with Crippen molar-refractivity contribution in [3.8, 4) is 5.75 Å². The van der Waals surface area contributed by atoms with Gasteiger partial charge in [-0.25, -0.2) is 0 Å². The monoisotopic (exact) mass is 224 g/mol. The van der Waals surface area contributed by atoms with Gasteiger partial charge < -0.3 is 9.64 Å². The van der Waals surface area contributed by atoms with Crippen LogP contribution in [0.25, 0.3) is 0 Å². The van der Waals surface area contributed by atoms with Crippen LogP contribution in [0.1, 0.15) is 12.8 Å². The number of rotatable bonds is 2. The number of methoxy groups -OCH3 is 1. The highest BCUT2D eigenvalue weighted by Gasteiger charge is 2.21. The molecule has 0 bridgehead atoms. The van der Waals surface area contributed by atoms with Crippen molar-refractivity contribution >= 4 is 23.1 Å². The van der Waals surface area contributed by atoms with E-state index < -0.39 is 0 Å². The van der Waals surface area contributed by atoms with Crippen LogP contribution in [-0.4, -0.2) is 19.5 Å². The maximum Gasteiger partial charge on any atom is 0.142 e. The largest absolute Gasteiger partial charge is 0.495 e. The van der Waals surface area contributed by atoms with Crippen LogP contribution in [0.2, 0.25) is 5.02 Å². The number of amidine groups is 1. The van der Waals surface area contributed by atoms with E-state index in [1.165, 1.54) is 0 Å². The second-order valence-corrected chi connectivity index (χ2v) is 3.95. The fourth-order valence-corrected chi connectivity index (χ4v) is 1.98. The molecule has 15 heavy (non-hydrogen) atoms. The van der Waals surface area contributed by atoms with E-state index in [9.17, 15) is 0 Å². The number of hydrogen-bond donors (Lipinski definition) is 1. The average molecular weight is 225 g/mol. The predicted octanol–water partition coefficient (Wildman–Crippen LogP) is 2.93. The standard InChI is InChI=1S/C11H13ClN2O/c1-15-10-5-4-8(12)7-9(10)14-6-2-3-11(14)13/h4-5,7,13H,2-3,6H2,1H3. The van der Waals surface area contributed by atoms with Crippen LogP contribution in [0.15, 0.2) is 18.2 Å². The molecule has 1 heterocycles. The van der Waals surface area contributed by atoms with Crippen LogP contribution in [0, 0.1) is 5.41 Å². The highest BCUT2D eigenvalue weighted by Crippen LogP contribution is 2.33. The second-order valence-electron chi connectivity index (χ2n) is 3.52. The highest BCUT2D eigenvalue weighted by atomic mass is 35.5. The molecule has 1 fully saturated rings. The molecule has 4 heteroatoms. The molecule has 0 aliphatic carbocycles. The Bertz CT molecular complexity index is 392. The molecule has 0 aromatic heterocycles. The number of anilines is 1. The molecule has 1 aliphatic heterocycles. The highest BCUT2D eigenvalue weighted by molar-refractivity contribution is 6.31. The van der Waals surface area contributed by atoms with Gasteiger partial charge in [0.1, 0.15) is 11.6 Å². The summed E-state index contributed by atoms with van der Waals surface area (Å²) in [5.74, 6) is 1.40. The zero-order chi connectivity index (χ0) is 10.8. The number of nitrogens with zero attached hydrogens (tertiary/aromatic N) is 1. The van der Waals surface area contributed by atoms with Gasteiger partial charge in [-0.05, 0) is 24.6 Å². The zero-order valence-corrected chi connectivity index (χ0v) is 9.34. The van der Waals surface area contributed by atoms with Crippen molar-refractivity contribution in [2.75, 3.05) is 18.6 Å². The zero-order valence-electron chi connectivity index (χ0n) is 8.59. The predicted molar refractivity (Wildman–Crippen MR) is 62.3 cm³/mol. The van der Waals surface area contributed by atoms with Crippen molar-refractivity contribution < 1.29 is 4.74 Å². The summed E-state index contributed by atoms with van der Waals surface area (Å²) >= 11 is 5.95. The first-order chi connectivity index (χ1) is 7.22. The molecule has 3 nitrogen and oxygen atoms in total. The molecule has 80 valence electrons. The van der Waals surface area contributed by atoms with Gasteiger partial charge in [0.05, 0.1) is 12.8 Å². The first-order valence-electron chi connectivity index (χ1n) is 4.91. The number of benzene rings is 1. The third-order valence-electron chi connectivity index (χ3n) is 2.55. The van der Waals surface area contributed by atoms with Gasteiger partial charge in [0.15, 0.2) is 0 Å². The van der Waals surface area contributed by atoms with Gasteiger partial charge in [0, 0.05) is 18.0 Å². The van der Waals surface area contributed by atoms with Crippen LogP contribution in [0.3, 0.4) is 0 Å². The molecule has 1 saturated heterocycles. The summed E-state index contributed by atoms with van der Waals surface area (Å²) in [6, 6.07) is 5.48. The lowest BCUT2D eigenvalue weighted by atomic mass is 10.2. The lowest BCUT2D eigenvalue weighted by Crippen LogP contribution is -2.23. The van der Waals surface area contributed by atoms with E-state index in [1.807, 2.05) is 17.0 Å². The van der Waals surface area contributed by atoms with Crippen LogP contribution in [0.4, 0.5) is 5.69 Å². The summed E-state index contributed by atoms with van der Waals surface area (Å²) in [5, 5.41) is 8.48. The lowest BCUT2D eigenvalue weighted by molar-refractivity contribution is 0.415. The van der Waals surface area contributed by atoms with E-state index in [-0.39, 0.29) is 0 Å². The number of hydrogen-bond acceptors (Lipinski definition) is 2. The van der Waals surface area contributed by atoms with Crippen molar-refractivity contribution in [3.63, 3.8) is 0 Å². The minimum absolute atomic E-state index is 0.635. The van der Waals surface area contributed by atoms with Crippen molar-refractivity contribution in [2.45, 2.75) is 12.8 Å². The topological polar surface area (TPSA) is 36.3 Å². The summed E-state index contributed by atoms with van der Waals surface area (Å²) in [7, 11) is 1.63. The van der Waals surface area contributed by atoms with Gasteiger partial charge in [0.25, 0.3) is 0 Å². The summed E-state index contributed by atoms with van der Waals surface area (Å²) in [6.45, 7) is 0.871. The lowest BCUT2D eigenvalue weighted by Gasteiger charge is -2.20. The van der Waals surface area contributed by atoms with Gasteiger partial charge in [-0.3, -0.25) is 5.41 Å². The second kappa shape index (κ2) is 4.11. The molecule has 0 atom stereocenters. The molecule has 0 spiro atoms. The number of halogens is 1. The van der Waals surface area contributed by atoms with E-state index in [1.54, 1.807) is 13.2 Å². The van der Waals surface area contributed by atoms with Crippen molar-refractivity contribution in [1.29, 1.82) is 5.41 Å². The maximum absolute atomic E-state index is 7.81. The van der Waals surface area contributed by atoms with E-state index in [0.717, 1.165) is 30.8 Å². The average Bonchev–Trinajstić information content (AvgIpc) is 2.64. The molecule has 1 aromatic rings. The van der Waals surface area contributed by atoms with Crippen molar-refractivity contribution in [1.82, 2.24) is 0 Å². The van der Waals surface area contributed by atoms with Gasteiger partial charge in [-0.2, -0.15) is 0 Å². The Balaban J connectivity index is 2.40. The molecule has 2 rings (SSSR count). The Labute approximate surface area is 94.1 Å². The molecule has 0 saturated carbocycles.